The van der Waals surface area contributed by atoms with Crippen LogP contribution in [0.2, 0.25) is 0 Å². The summed E-state index contributed by atoms with van der Waals surface area (Å²) in [6.45, 7) is 0.331. The Hall–Kier alpha value is -1.69. The summed E-state index contributed by atoms with van der Waals surface area (Å²) in [5.74, 6) is 1.52. The van der Waals surface area contributed by atoms with Crippen molar-refractivity contribution in [1.82, 2.24) is 8.75 Å². The Morgan fingerprint density at radius 2 is 1.86 bits per heavy atom. The molecule has 1 aromatic heterocycles. The Kier molecular flexibility index (Phi) is 3.48. The molecule has 0 atom stereocenters. The molecule has 4 nitrogen and oxygen atoms in total. The minimum atomic E-state index is -0.251. The molecule has 0 spiro atoms. The van der Waals surface area contributed by atoms with Gasteiger partial charge in [-0.15, -0.1) is 8.75 Å². The lowest BCUT2D eigenvalue weighted by Crippen LogP contribution is -2.30. The van der Waals surface area contributed by atoms with Crippen LogP contribution in [0.1, 0.15) is 37.7 Å². The van der Waals surface area contributed by atoms with E-state index >= 15 is 0 Å². The van der Waals surface area contributed by atoms with Gasteiger partial charge in [0.05, 0.1) is 11.7 Å². The van der Waals surface area contributed by atoms with E-state index in [-0.39, 0.29) is 11.4 Å². The van der Waals surface area contributed by atoms with Crippen LogP contribution in [0.3, 0.4) is 0 Å². The number of aromatic nitrogens is 2. The molecule has 116 valence electrons. The van der Waals surface area contributed by atoms with Gasteiger partial charge in [0.15, 0.2) is 0 Å². The van der Waals surface area contributed by atoms with Crippen molar-refractivity contribution in [2.45, 2.75) is 44.3 Å². The summed E-state index contributed by atoms with van der Waals surface area (Å²) < 4.78 is 33.2. The Morgan fingerprint density at radius 1 is 1.14 bits per heavy atom. The molecule has 0 N–H and O–H groups in total. The second-order valence-electron chi connectivity index (χ2n) is 6.22. The van der Waals surface area contributed by atoms with Crippen molar-refractivity contribution < 1.29 is 13.9 Å². The Morgan fingerprint density at radius 3 is 2.55 bits per heavy atom. The van der Waals surface area contributed by atoms with Gasteiger partial charge in [0, 0.05) is 0 Å². The first-order valence-electron chi connectivity index (χ1n) is 7.61. The number of fused-ring (bicyclic) bond motifs is 2. The molecule has 2 bridgehead atoms. The van der Waals surface area contributed by atoms with Gasteiger partial charge in [-0.3, -0.25) is 0 Å². The van der Waals surface area contributed by atoms with Gasteiger partial charge in [0.2, 0.25) is 0 Å². The Balaban J connectivity index is 1.43. The van der Waals surface area contributed by atoms with E-state index in [2.05, 4.69) is 8.75 Å². The Bertz CT molecular complexity index is 650. The number of benzene rings is 1. The van der Waals surface area contributed by atoms with Gasteiger partial charge in [-0.1, -0.05) is 12.1 Å². The van der Waals surface area contributed by atoms with Gasteiger partial charge < -0.3 is 9.47 Å². The number of halogens is 1. The van der Waals surface area contributed by atoms with Crippen LogP contribution in [0, 0.1) is 11.7 Å². The van der Waals surface area contributed by atoms with Crippen molar-refractivity contribution in [2.75, 3.05) is 0 Å². The molecule has 1 aromatic carbocycles. The third-order valence-electron chi connectivity index (χ3n) is 4.71. The summed E-state index contributed by atoms with van der Waals surface area (Å²) in [4.78, 5) is 0. The lowest BCUT2D eigenvalue weighted by atomic mass is 9.97. The molecule has 1 heterocycles. The highest BCUT2D eigenvalue weighted by Gasteiger charge is 2.47. The normalized spacial score (nSPS) is 26.3. The monoisotopic (exact) mass is 320 g/mol. The van der Waals surface area contributed by atoms with Gasteiger partial charge in [0.1, 0.15) is 18.0 Å². The van der Waals surface area contributed by atoms with E-state index < -0.39 is 0 Å². The van der Waals surface area contributed by atoms with Gasteiger partial charge in [0.25, 0.3) is 11.8 Å². The van der Waals surface area contributed by atoms with Crippen LogP contribution in [-0.2, 0) is 6.61 Å². The molecule has 2 aliphatic carbocycles. The van der Waals surface area contributed by atoms with Crippen molar-refractivity contribution in [3.05, 3.63) is 35.6 Å². The van der Waals surface area contributed by atoms with Crippen LogP contribution in [0.4, 0.5) is 4.39 Å². The topological polar surface area (TPSA) is 44.2 Å². The van der Waals surface area contributed by atoms with Crippen molar-refractivity contribution in [3.63, 3.8) is 0 Å². The molecule has 2 aromatic rings. The van der Waals surface area contributed by atoms with Crippen LogP contribution in [0.15, 0.2) is 24.3 Å². The summed E-state index contributed by atoms with van der Waals surface area (Å²) in [6.07, 6.45) is 5.84. The van der Waals surface area contributed by atoms with E-state index in [1.807, 2.05) is 0 Å². The summed E-state index contributed by atoms with van der Waals surface area (Å²) in [7, 11) is 0. The van der Waals surface area contributed by atoms with Crippen molar-refractivity contribution in [3.8, 4) is 11.8 Å². The van der Waals surface area contributed by atoms with E-state index in [9.17, 15) is 4.39 Å². The molecule has 0 saturated heterocycles. The summed E-state index contributed by atoms with van der Waals surface area (Å²) in [5.41, 5.74) is 0.842. The first-order chi connectivity index (χ1) is 10.7. The molecular formula is C16H17FN2O2S. The zero-order chi connectivity index (χ0) is 15.0. The average molecular weight is 320 g/mol. The average Bonchev–Trinajstić information content (AvgIpc) is 3.23. The first-order valence-corrected chi connectivity index (χ1v) is 8.34. The van der Waals surface area contributed by atoms with Crippen molar-refractivity contribution in [1.29, 1.82) is 0 Å². The first kappa shape index (κ1) is 13.9. The fourth-order valence-electron chi connectivity index (χ4n) is 3.54. The molecule has 6 heteroatoms. The van der Waals surface area contributed by atoms with Crippen LogP contribution >= 0.6 is 11.7 Å². The maximum Gasteiger partial charge on any atom is 0.291 e. The van der Waals surface area contributed by atoms with Crippen molar-refractivity contribution >= 4 is 11.7 Å². The highest BCUT2D eigenvalue weighted by molar-refractivity contribution is 6.99. The molecular weight excluding hydrogens is 303 g/mol. The predicted molar refractivity (Wildman–Crippen MR) is 80.6 cm³/mol. The zero-order valence-electron chi connectivity index (χ0n) is 12.1. The standard InChI is InChI=1S/C16H17FN2O2S/c17-13-3-1-12(2-4-13)10-20-14-15(19-22-18-14)21-16-7-5-11(9-16)6-8-16/h1-4,11H,5-10H2. The minimum Gasteiger partial charge on any atom is -0.468 e. The fraction of sp³-hybridized carbons (Fsp3) is 0.500. The number of ether oxygens (including phenoxy) is 2. The summed E-state index contributed by atoms with van der Waals surface area (Å²) in [5, 5.41) is 0. The highest BCUT2D eigenvalue weighted by atomic mass is 32.1. The van der Waals surface area contributed by atoms with Crippen molar-refractivity contribution in [2.24, 2.45) is 5.92 Å². The second kappa shape index (κ2) is 5.50. The summed E-state index contributed by atoms with van der Waals surface area (Å²) >= 11 is 1.10. The maximum absolute atomic E-state index is 12.9. The SMILES string of the molecule is Fc1ccc(COc2nsnc2OC23CCC(CC2)C3)cc1. The molecule has 0 unspecified atom stereocenters. The number of rotatable bonds is 5. The third-order valence-corrected chi connectivity index (χ3v) is 5.20. The molecule has 0 aliphatic heterocycles. The van der Waals surface area contributed by atoms with E-state index in [0.717, 1.165) is 42.5 Å². The summed E-state index contributed by atoms with van der Waals surface area (Å²) in [6, 6.07) is 6.25. The quantitative estimate of drug-likeness (QED) is 0.836. The molecule has 0 amide bonds. The van der Waals surface area contributed by atoms with E-state index in [4.69, 9.17) is 9.47 Å². The lowest BCUT2D eigenvalue weighted by Gasteiger charge is -2.26. The molecule has 4 rings (SSSR count). The van der Waals surface area contributed by atoms with E-state index in [1.54, 1.807) is 12.1 Å². The smallest absolute Gasteiger partial charge is 0.291 e. The minimum absolute atomic E-state index is 0.0472. The third kappa shape index (κ3) is 2.67. The number of hydrogen-bond acceptors (Lipinski definition) is 5. The molecule has 2 aliphatic rings. The predicted octanol–water partition coefficient (Wildman–Crippen LogP) is 3.97. The van der Waals surface area contributed by atoms with Gasteiger partial charge in [-0.2, -0.15) is 0 Å². The largest absolute Gasteiger partial charge is 0.468 e. The zero-order valence-corrected chi connectivity index (χ0v) is 12.9. The maximum atomic E-state index is 12.9. The fourth-order valence-corrected chi connectivity index (χ4v) is 3.98. The molecule has 2 fully saturated rings. The van der Waals surface area contributed by atoms with Gasteiger partial charge in [-0.05, 0) is 55.7 Å². The molecule has 2 saturated carbocycles. The molecule has 0 radical (unpaired) electrons. The number of hydrogen-bond donors (Lipinski definition) is 0. The van der Waals surface area contributed by atoms with Crippen LogP contribution < -0.4 is 9.47 Å². The second-order valence-corrected chi connectivity index (χ2v) is 6.75. The van der Waals surface area contributed by atoms with Crippen LogP contribution in [-0.4, -0.2) is 14.3 Å². The highest BCUT2D eigenvalue weighted by Crippen LogP contribution is 2.50. The van der Waals surface area contributed by atoms with Crippen LogP contribution in [0.5, 0.6) is 11.8 Å². The van der Waals surface area contributed by atoms with Gasteiger partial charge in [-0.25, -0.2) is 4.39 Å². The number of nitrogens with zero attached hydrogens (tertiary/aromatic N) is 2. The Labute approximate surface area is 132 Å². The van der Waals surface area contributed by atoms with Crippen LogP contribution in [0.25, 0.3) is 0 Å². The lowest BCUT2D eigenvalue weighted by molar-refractivity contribution is 0.0701. The molecule has 22 heavy (non-hydrogen) atoms. The van der Waals surface area contributed by atoms with E-state index in [0.29, 0.717) is 18.4 Å². The van der Waals surface area contributed by atoms with Gasteiger partial charge >= 0.3 is 0 Å². The van der Waals surface area contributed by atoms with E-state index in [1.165, 1.54) is 25.0 Å².